The summed E-state index contributed by atoms with van der Waals surface area (Å²) in [6, 6.07) is 1.59. The van der Waals surface area contributed by atoms with Gasteiger partial charge in [-0.15, -0.1) is 0 Å². The van der Waals surface area contributed by atoms with Crippen LogP contribution in [0.1, 0.15) is 26.2 Å². The molecule has 1 saturated heterocycles. The number of hydrogen-bond acceptors (Lipinski definition) is 6. The third kappa shape index (κ3) is 3.01. The second-order valence-corrected chi connectivity index (χ2v) is 5.26. The van der Waals surface area contributed by atoms with Crippen molar-refractivity contribution < 1.29 is 19.4 Å². The van der Waals surface area contributed by atoms with E-state index in [1.165, 1.54) is 14.2 Å². The Kier molecular flexibility index (Phi) is 4.50. The number of ether oxygens (including phenoxy) is 2. The Morgan fingerprint density at radius 2 is 2.00 bits per heavy atom. The number of rotatable bonds is 6. The molecule has 1 fully saturated rings. The van der Waals surface area contributed by atoms with Gasteiger partial charge in [0.25, 0.3) is 0 Å². The van der Waals surface area contributed by atoms with Gasteiger partial charge < -0.3 is 19.5 Å². The molecule has 2 heterocycles. The molecule has 1 aliphatic rings. The summed E-state index contributed by atoms with van der Waals surface area (Å²) in [6.45, 7) is 3.02. The Bertz CT molecular complexity index is 501. The highest BCUT2D eigenvalue weighted by Gasteiger charge is 2.44. The van der Waals surface area contributed by atoms with Crippen molar-refractivity contribution in [3.05, 3.63) is 6.07 Å². The molecule has 0 aromatic carbocycles. The Labute approximate surface area is 123 Å². The van der Waals surface area contributed by atoms with Crippen LogP contribution in [0.2, 0.25) is 0 Å². The SMILES string of the molecule is CCCC1(C(=O)O)CCN(c2nc(OC)cc(OC)n2)C1. The van der Waals surface area contributed by atoms with Crippen LogP contribution in [0, 0.1) is 5.41 Å². The first-order valence-electron chi connectivity index (χ1n) is 7.00. The van der Waals surface area contributed by atoms with E-state index in [-0.39, 0.29) is 0 Å². The van der Waals surface area contributed by atoms with E-state index in [1.807, 2.05) is 11.8 Å². The van der Waals surface area contributed by atoms with Crippen LogP contribution >= 0.6 is 0 Å². The van der Waals surface area contributed by atoms with Gasteiger partial charge in [0.15, 0.2) is 0 Å². The molecule has 21 heavy (non-hydrogen) atoms. The van der Waals surface area contributed by atoms with E-state index in [0.29, 0.717) is 43.6 Å². The summed E-state index contributed by atoms with van der Waals surface area (Å²) in [5.41, 5.74) is -0.714. The maximum Gasteiger partial charge on any atom is 0.311 e. The molecule has 0 aliphatic carbocycles. The Hall–Kier alpha value is -2.05. The van der Waals surface area contributed by atoms with Crippen molar-refractivity contribution >= 4 is 11.9 Å². The molecule has 7 nitrogen and oxygen atoms in total. The average Bonchev–Trinajstić information content (AvgIpc) is 2.92. The van der Waals surface area contributed by atoms with Crippen molar-refractivity contribution in [1.82, 2.24) is 9.97 Å². The van der Waals surface area contributed by atoms with Crippen LogP contribution in [-0.2, 0) is 4.79 Å². The van der Waals surface area contributed by atoms with Crippen LogP contribution in [-0.4, -0.2) is 48.4 Å². The van der Waals surface area contributed by atoms with Gasteiger partial charge >= 0.3 is 5.97 Å². The van der Waals surface area contributed by atoms with Crippen molar-refractivity contribution in [2.45, 2.75) is 26.2 Å². The fourth-order valence-electron chi connectivity index (χ4n) is 2.75. The summed E-state index contributed by atoms with van der Waals surface area (Å²) in [7, 11) is 3.04. The molecule has 0 amide bonds. The van der Waals surface area contributed by atoms with Gasteiger partial charge in [-0.3, -0.25) is 4.79 Å². The lowest BCUT2D eigenvalue weighted by atomic mass is 9.83. The molecule has 2 rings (SSSR count). The number of aromatic nitrogens is 2. The van der Waals surface area contributed by atoms with Gasteiger partial charge in [-0.05, 0) is 12.8 Å². The van der Waals surface area contributed by atoms with Crippen molar-refractivity contribution in [2.75, 3.05) is 32.2 Å². The van der Waals surface area contributed by atoms with Crippen LogP contribution in [0.25, 0.3) is 0 Å². The van der Waals surface area contributed by atoms with E-state index >= 15 is 0 Å². The van der Waals surface area contributed by atoms with E-state index < -0.39 is 11.4 Å². The van der Waals surface area contributed by atoms with E-state index in [1.54, 1.807) is 6.07 Å². The standard InChI is InChI=1S/C14H21N3O4/c1-4-5-14(12(18)19)6-7-17(9-14)13-15-10(20-2)8-11(16-13)21-3/h8H,4-7,9H2,1-3H3,(H,18,19). The number of anilines is 1. The van der Waals surface area contributed by atoms with Gasteiger partial charge in [0.2, 0.25) is 17.7 Å². The molecular formula is C14H21N3O4. The Morgan fingerprint density at radius 1 is 1.38 bits per heavy atom. The molecule has 1 N–H and O–H groups in total. The van der Waals surface area contributed by atoms with E-state index in [4.69, 9.17) is 9.47 Å². The number of nitrogens with zero attached hydrogens (tertiary/aromatic N) is 3. The minimum absolute atomic E-state index is 0.403. The zero-order valence-corrected chi connectivity index (χ0v) is 12.6. The fourth-order valence-corrected chi connectivity index (χ4v) is 2.75. The first-order chi connectivity index (χ1) is 10.0. The fraction of sp³-hybridized carbons (Fsp3) is 0.643. The average molecular weight is 295 g/mol. The first kappa shape index (κ1) is 15.3. The van der Waals surface area contributed by atoms with Gasteiger partial charge in [-0.1, -0.05) is 13.3 Å². The molecule has 1 aromatic rings. The Balaban J connectivity index is 2.26. The second kappa shape index (κ2) is 6.15. The Morgan fingerprint density at radius 3 is 2.48 bits per heavy atom. The number of carbonyl (C=O) groups is 1. The molecule has 1 aliphatic heterocycles. The summed E-state index contributed by atoms with van der Waals surface area (Å²) in [4.78, 5) is 22.1. The van der Waals surface area contributed by atoms with Crippen LogP contribution in [0.15, 0.2) is 6.07 Å². The third-order valence-electron chi connectivity index (χ3n) is 3.90. The van der Waals surface area contributed by atoms with Crippen molar-refractivity contribution in [3.8, 4) is 11.8 Å². The first-order valence-corrected chi connectivity index (χ1v) is 7.00. The largest absolute Gasteiger partial charge is 0.481 e. The van der Waals surface area contributed by atoms with Crippen LogP contribution in [0.5, 0.6) is 11.8 Å². The quantitative estimate of drug-likeness (QED) is 0.852. The molecule has 0 radical (unpaired) electrons. The highest BCUT2D eigenvalue weighted by molar-refractivity contribution is 5.76. The normalized spacial score (nSPS) is 21.4. The summed E-state index contributed by atoms with van der Waals surface area (Å²) in [6.07, 6.45) is 2.08. The van der Waals surface area contributed by atoms with Crippen LogP contribution in [0.4, 0.5) is 5.95 Å². The molecule has 1 unspecified atom stereocenters. The molecule has 116 valence electrons. The number of carboxylic acid groups (broad SMARTS) is 1. The lowest BCUT2D eigenvalue weighted by Crippen LogP contribution is -2.35. The predicted molar refractivity (Wildman–Crippen MR) is 76.9 cm³/mol. The van der Waals surface area contributed by atoms with Gasteiger partial charge in [0, 0.05) is 13.1 Å². The minimum Gasteiger partial charge on any atom is -0.481 e. The summed E-state index contributed by atoms with van der Waals surface area (Å²) in [5.74, 6) is 0.507. The van der Waals surface area contributed by atoms with Gasteiger partial charge in [0.05, 0.1) is 25.7 Å². The molecular weight excluding hydrogens is 274 g/mol. The molecule has 7 heteroatoms. The minimum atomic E-state index is -0.748. The van der Waals surface area contributed by atoms with Crippen molar-refractivity contribution in [1.29, 1.82) is 0 Å². The summed E-state index contributed by atoms with van der Waals surface area (Å²) < 4.78 is 10.3. The zero-order chi connectivity index (χ0) is 15.5. The maximum atomic E-state index is 11.6. The topological polar surface area (TPSA) is 84.8 Å². The van der Waals surface area contributed by atoms with Crippen molar-refractivity contribution in [2.24, 2.45) is 5.41 Å². The smallest absolute Gasteiger partial charge is 0.311 e. The zero-order valence-electron chi connectivity index (χ0n) is 12.6. The highest BCUT2D eigenvalue weighted by atomic mass is 16.5. The van der Waals surface area contributed by atoms with Crippen LogP contribution < -0.4 is 14.4 Å². The third-order valence-corrected chi connectivity index (χ3v) is 3.90. The number of aliphatic carboxylic acids is 1. The second-order valence-electron chi connectivity index (χ2n) is 5.26. The monoisotopic (exact) mass is 295 g/mol. The summed E-state index contributed by atoms with van der Waals surface area (Å²) >= 11 is 0. The summed E-state index contributed by atoms with van der Waals surface area (Å²) in [5, 5.41) is 9.54. The maximum absolute atomic E-state index is 11.6. The molecule has 1 aromatic heterocycles. The molecule has 0 saturated carbocycles. The number of hydrogen-bond donors (Lipinski definition) is 1. The van der Waals surface area contributed by atoms with Gasteiger partial charge in [-0.25, -0.2) is 0 Å². The highest BCUT2D eigenvalue weighted by Crippen LogP contribution is 2.37. The predicted octanol–water partition coefficient (Wildman–Crippen LogP) is 1.57. The molecule has 1 atom stereocenters. The van der Waals surface area contributed by atoms with E-state index in [0.717, 1.165) is 6.42 Å². The molecule has 0 spiro atoms. The van der Waals surface area contributed by atoms with Gasteiger partial charge in [0.1, 0.15) is 0 Å². The number of methoxy groups -OCH3 is 2. The van der Waals surface area contributed by atoms with E-state index in [9.17, 15) is 9.90 Å². The van der Waals surface area contributed by atoms with Crippen molar-refractivity contribution in [3.63, 3.8) is 0 Å². The van der Waals surface area contributed by atoms with Crippen LogP contribution in [0.3, 0.4) is 0 Å². The van der Waals surface area contributed by atoms with E-state index in [2.05, 4.69) is 9.97 Å². The number of carboxylic acids is 1. The lowest BCUT2D eigenvalue weighted by molar-refractivity contribution is -0.148. The van der Waals surface area contributed by atoms with Gasteiger partial charge in [-0.2, -0.15) is 9.97 Å². The molecule has 0 bridgehead atoms. The lowest BCUT2D eigenvalue weighted by Gasteiger charge is -2.24.